The van der Waals surface area contributed by atoms with E-state index in [1.807, 2.05) is 0 Å². The van der Waals surface area contributed by atoms with Crippen molar-refractivity contribution in [2.24, 2.45) is 0 Å². The number of anilines is 1. The molecule has 0 saturated carbocycles. The summed E-state index contributed by atoms with van der Waals surface area (Å²) in [6, 6.07) is 6.69. The first-order valence-electron chi connectivity index (χ1n) is 5.90. The molecule has 0 radical (unpaired) electrons. The van der Waals surface area contributed by atoms with E-state index in [4.69, 9.17) is 5.11 Å². The summed E-state index contributed by atoms with van der Waals surface area (Å²) in [6.07, 6.45) is 1.44. The van der Waals surface area contributed by atoms with Crippen LogP contribution in [0.25, 0.3) is 0 Å². The van der Waals surface area contributed by atoms with Gasteiger partial charge in [-0.3, -0.25) is 9.59 Å². The fourth-order valence-corrected chi connectivity index (χ4v) is 1.45. The van der Waals surface area contributed by atoms with Gasteiger partial charge in [-0.15, -0.1) is 0 Å². The number of unbranched alkanes of at least 4 members (excludes halogenated alkanes) is 1. The number of hydrogen-bond acceptors (Lipinski definition) is 3. The van der Waals surface area contributed by atoms with Crippen LogP contribution >= 0.6 is 0 Å². The van der Waals surface area contributed by atoms with Crippen molar-refractivity contribution in [1.82, 2.24) is 5.32 Å². The Morgan fingerprint density at radius 2 is 1.83 bits per heavy atom. The number of hydrogen-bond donors (Lipinski definition) is 3. The van der Waals surface area contributed by atoms with Crippen LogP contribution in [-0.2, 0) is 4.79 Å². The third kappa shape index (κ3) is 4.97. The molecule has 3 N–H and O–H groups in total. The summed E-state index contributed by atoms with van der Waals surface area (Å²) in [5, 5.41) is 14.0. The SMILES string of the molecule is CC(=O)Nc1ccc(C(=O)NCCCCO)cc1. The van der Waals surface area contributed by atoms with E-state index in [1.165, 1.54) is 6.92 Å². The lowest BCUT2D eigenvalue weighted by molar-refractivity contribution is -0.114. The highest BCUT2D eigenvalue weighted by Crippen LogP contribution is 2.09. The number of amides is 2. The molecule has 0 saturated heterocycles. The fourth-order valence-electron chi connectivity index (χ4n) is 1.45. The lowest BCUT2D eigenvalue weighted by Crippen LogP contribution is -2.24. The van der Waals surface area contributed by atoms with Gasteiger partial charge in [0, 0.05) is 31.3 Å². The standard InChI is InChI=1S/C13H18N2O3/c1-10(17)15-12-6-4-11(5-7-12)13(18)14-8-2-3-9-16/h4-7,16H,2-3,8-9H2,1H3,(H,14,18)(H,15,17). The van der Waals surface area contributed by atoms with E-state index >= 15 is 0 Å². The molecule has 0 aliphatic rings. The van der Waals surface area contributed by atoms with Gasteiger partial charge in [0.1, 0.15) is 0 Å². The van der Waals surface area contributed by atoms with Crippen molar-refractivity contribution < 1.29 is 14.7 Å². The first-order valence-corrected chi connectivity index (χ1v) is 5.90. The average molecular weight is 250 g/mol. The molecule has 0 unspecified atom stereocenters. The first-order chi connectivity index (χ1) is 8.63. The second kappa shape index (κ2) is 7.45. The molecule has 5 heteroatoms. The summed E-state index contributed by atoms with van der Waals surface area (Å²) < 4.78 is 0. The molecule has 0 spiro atoms. The first kappa shape index (κ1) is 14.2. The molecule has 0 bridgehead atoms. The average Bonchev–Trinajstić information content (AvgIpc) is 2.34. The van der Waals surface area contributed by atoms with Crippen molar-refractivity contribution in [3.63, 3.8) is 0 Å². The molecule has 0 aromatic heterocycles. The smallest absolute Gasteiger partial charge is 0.251 e. The van der Waals surface area contributed by atoms with Crippen molar-refractivity contribution in [1.29, 1.82) is 0 Å². The quantitative estimate of drug-likeness (QED) is 0.663. The number of aliphatic hydroxyl groups excluding tert-OH is 1. The van der Waals surface area contributed by atoms with Crippen molar-refractivity contribution in [3.05, 3.63) is 29.8 Å². The van der Waals surface area contributed by atoms with Crippen LogP contribution in [0.3, 0.4) is 0 Å². The third-order valence-electron chi connectivity index (χ3n) is 2.34. The Labute approximate surface area is 106 Å². The topological polar surface area (TPSA) is 78.4 Å². The van der Waals surface area contributed by atoms with Crippen LogP contribution in [0.4, 0.5) is 5.69 Å². The molecule has 0 aliphatic heterocycles. The lowest BCUT2D eigenvalue weighted by Gasteiger charge is -2.06. The number of benzene rings is 1. The highest BCUT2D eigenvalue weighted by atomic mass is 16.3. The second-order valence-corrected chi connectivity index (χ2v) is 3.95. The molecule has 0 heterocycles. The lowest BCUT2D eigenvalue weighted by atomic mass is 10.2. The van der Waals surface area contributed by atoms with Gasteiger partial charge in [0.15, 0.2) is 0 Å². The normalized spacial score (nSPS) is 9.89. The van der Waals surface area contributed by atoms with Crippen molar-refractivity contribution in [2.45, 2.75) is 19.8 Å². The Balaban J connectivity index is 2.46. The second-order valence-electron chi connectivity index (χ2n) is 3.95. The molecule has 2 amide bonds. The third-order valence-corrected chi connectivity index (χ3v) is 2.34. The summed E-state index contributed by atoms with van der Waals surface area (Å²) in [6.45, 7) is 2.12. The predicted molar refractivity (Wildman–Crippen MR) is 69.4 cm³/mol. The Bertz CT molecular complexity index is 401. The van der Waals surface area contributed by atoms with Crippen LogP contribution in [0.2, 0.25) is 0 Å². The molecule has 5 nitrogen and oxygen atoms in total. The minimum Gasteiger partial charge on any atom is -0.396 e. The minimum absolute atomic E-state index is 0.140. The monoisotopic (exact) mass is 250 g/mol. The number of carbonyl (C=O) groups is 2. The maximum Gasteiger partial charge on any atom is 0.251 e. The number of aliphatic hydroxyl groups is 1. The predicted octanol–water partition coefficient (Wildman–Crippen LogP) is 1.15. The highest BCUT2D eigenvalue weighted by Gasteiger charge is 2.04. The van der Waals surface area contributed by atoms with Crippen LogP contribution in [-0.4, -0.2) is 30.1 Å². The number of rotatable bonds is 6. The number of carbonyl (C=O) groups excluding carboxylic acids is 2. The van der Waals surface area contributed by atoms with Crippen molar-refractivity contribution >= 4 is 17.5 Å². The molecular weight excluding hydrogens is 232 g/mol. The van der Waals surface area contributed by atoms with Gasteiger partial charge in [-0.05, 0) is 37.1 Å². The van der Waals surface area contributed by atoms with Crippen LogP contribution in [0.15, 0.2) is 24.3 Å². The van der Waals surface area contributed by atoms with Crippen LogP contribution in [0.5, 0.6) is 0 Å². The van der Waals surface area contributed by atoms with Crippen molar-refractivity contribution in [3.8, 4) is 0 Å². The molecule has 0 fully saturated rings. The summed E-state index contributed by atoms with van der Waals surface area (Å²) >= 11 is 0. The molecule has 1 aromatic carbocycles. The van der Waals surface area contributed by atoms with E-state index in [1.54, 1.807) is 24.3 Å². The highest BCUT2D eigenvalue weighted by molar-refractivity contribution is 5.95. The molecule has 1 aromatic rings. The maximum absolute atomic E-state index is 11.7. The summed E-state index contributed by atoms with van der Waals surface area (Å²) in [5.41, 5.74) is 1.22. The molecule has 18 heavy (non-hydrogen) atoms. The van der Waals surface area contributed by atoms with E-state index in [0.29, 0.717) is 24.2 Å². The van der Waals surface area contributed by atoms with Gasteiger partial charge < -0.3 is 15.7 Å². The Kier molecular flexibility index (Phi) is 5.87. The van der Waals surface area contributed by atoms with Gasteiger partial charge in [-0.1, -0.05) is 0 Å². The van der Waals surface area contributed by atoms with Crippen LogP contribution in [0, 0.1) is 0 Å². The summed E-state index contributed by atoms with van der Waals surface area (Å²) in [5.74, 6) is -0.293. The molecule has 98 valence electrons. The van der Waals surface area contributed by atoms with Gasteiger partial charge in [0.05, 0.1) is 0 Å². The summed E-state index contributed by atoms with van der Waals surface area (Å²) in [7, 11) is 0. The molecule has 0 atom stereocenters. The van der Waals surface area contributed by atoms with E-state index < -0.39 is 0 Å². The van der Waals surface area contributed by atoms with E-state index in [-0.39, 0.29) is 18.4 Å². The minimum atomic E-state index is -0.151. The van der Waals surface area contributed by atoms with Gasteiger partial charge in [-0.25, -0.2) is 0 Å². The van der Waals surface area contributed by atoms with Crippen molar-refractivity contribution in [2.75, 3.05) is 18.5 Å². The van der Waals surface area contributed by atoms with E-state index in [2.05, 4.69) is 10.6 Å². The Morgan fingerprint density at radius 3 is 2.39 bits per heavy atom. The fraction of sp³-hybridized carbons (Fsp3) is 0.385. The van der Waals surface area contributed by atoms with Gasteiger partial charge in [-0.2, -0.15) is 0 Å². The zero-order chi connectivity index (χ0) is 13.4. The molecular formula is C13H18N2O3. The number of nitrogens with one attached hydrogen (secondary N) is 2. The maximum atomic E-state index is 11.7. The Hall–Kier alpha value is -1.88. The summed E-state index contributed by atoms with van der Waals surface area (Å²) in [4.78, 5) is 22.5. The van der Waals surface area contributed by atoms with E-state index in [9.17, 15) is 9.59 Å². The van der Waals surface area contributed by atoms with Gasteiger partial charge in [0.25, 0.3) is 5.91 Å². The van der Waals surface area contributed by atoms with Gasteiger partial charge in [0.2, 0.25) is 5.91 Å². The Morgan fingerprint density at radius 1 is 1.17 bits per heavy atom. The van der Waals surface area contributed by atoms with Crippen LogP contribution < -0.4 is 10.6 Å². The largest absolute Gasteiger partial charge is 0.396 e. The zero-order valence-corrected chi connectivity index (χ0v) is 10.4. The van der Waals surface area contributed by atoms with E-state index in [0.717, 1.165) is 6.42 Å². The zero-order valence-electron chi connectivity index (χ0n) is 10.4. The van der Waals surface area contributed by atoms with Gasteiger partial charge >= 0.3 is 0 Å². The van der Waals surface area contributed by atoms with Crippen LogP contribution in [0.1, 0.15) is 30.1 Å². The molecule has 0 aliphatic carbocycles. The molecule has 1 rings (SSSR count).